The van der Waals surface area contributed by atoms with E-state index in [1.165, 1.54) is 24.3 Å². The standard InChI is InChI=1S/C8H7BrFNO/c9-5-8(12)11-7-3-1-6(10)2-4-7/h1-4H,5H2,(H,11,12). The lowest BCUT2D eigenvalue weighted by Gasteiger charge is -2.01. The summed E-state index contributed by atoms with van der Waals surface area (Å²) in [5, 5.41) is 2.81. The summed E-state index contributed by atoms with van der Waals surface area (Å²) in [5.74, 6) is -0.464. The molecule has 1 N–H and O–H groups in total. The first-order valence-corrected chi connectivity index (χ1v) is 4.46. The number of halogens is 2. The Morgan fingerprint density at radius 3 is 2.50 bits per heavy atom. The molecule has 0 saturated heterocycles. The highest BCUT2D eigenvalue weighted by Gasteiger charge is 1.98. The molecule has 1 rings (SSSR count). The lowest BCUT2D eigenvalue weighted by Crippen LogP contribution is -2.11. The van der Waals surface area contributed by atoms with E-state index in [1.54, 1.807) is 0 Å². The third-order valence-electron chi connectivity index (χ3n) is 1.25. The fourth-order valence-corrected chi connectivity index (χ4v) is 0.868. The number of nitrogens with one attached hydrogen (secondary N) is 1. The monoisotopic (exact) mass is 231 g/mol. The van der Waals surface area contributed by atoms with E-state index in [-0.39, 0.29) is 17.1 Å². The Hall–Kier alpha value is -0.900. The van der Waals surface area contributed by atoms with Crippen LogP contribution in [0.1, 0.15) is 0 Å². The second-order valence-electron chi connectivity index (χ2n) is 2.19. The van der Waals surface area contributed by atoms with Crippen LogP contribution in [0.3, 0.4) is 0 Å². The van der Waals surface area contributed by atoms with E-state index >= 15 is 0 Å². The van der Waals surface area contributed by atoms with Gasteiger partial charge in [-0.15, -0.1) is 0 Å². The number of anilines is 1. The highest BCUT2D eigenvalue weighted by Crippen LogP contribution is 2.07. The summed E-state index contributed by atoms with van der Waals surface area (Å²) in [6, 6.07) is 5.61. The average Bonchev–Trinajstić information content (AvgIpc) is 2.09. The average molecular weight is 232 g/mol. The van der Waals surface area contributed by atoms with Crippen molar-refractivity contribution in [3.63, 3.8) is 0 Å². The molecule has 2 nitrogen and oxygen atoms in total. The van der Waals surface area contributed by atoms with E-state index in [2.05, 4.69) is 21.2 Å². The van der Waals surface area contributed by atoms with Gasteiger partial charge in [0.15, 0.2) is 0 Å². The number of alkyl halides is 1. The van der Waals surface area contributed by atoms with Gasteiger partial charge >= 0.3 is 0 Å². The van der Waals surface area contributed by atoms with Crippen LogP contribution in [0.25, 0.3) is 0 Å². The van der Waals surface area contributed by atoms with Gasteiger partial charge in [-0.05, 0) is 24.3 Å². The number of benzene rings is 1. The lowest BCUT2D eigenvalue weighted by atomic mass is 10.3. The first-order chi connectivity index (χ1) is 5.72. The summed E-state index contributed by atoms with van der Waals surface area (Å²) in [5.41, 5.74) is 0.598. The smallest absolute Gasteiger partial charge is 0.235 e. The summed E-state index contributed by atoms with van der Waals surface area (Å²) < 4.78 is 12.4. The van der Waals surface area contributed by atoms with Gasteiger partial charge in [-0.2, -0.15) is 0 Å². The molecule has 0 bridgehead atoms. The summed E-state index contributed by atoms with van der Waals surface area (Å²) in [6.45, 7) is 0. The van der Waals surface area contributed by atoms with Gasteiger partial charge in [0.25, 0.3) is 0 Å². The zero-order valence-electron chi connectivity index (χ0n) is 6.18. The normalized spacial score (nSPS) is 9.50. The van der Waals surface area contributed by atoms with Crippen LogP contribution in [0.15, 0.2) is 24.3 Å². The van der Waals surface area contributed by atoms with Crippen LogP contribution in [0.4, 0.5) is 10.1 Å². The Bertz CT molecular complexity index is 273. The molecular weight excluding hydrogens is 225 g/mol. The Morgan fingerprint density at radius 2 is 2.00 bits per heavy atom. The van der Waals surface area contributed by atoms with Crippen molar-refractivity contribution < 1.29 is 9.18 Å². The minimum Gasteiger partial charge on any atom is -0.325 e. The molecule has 0 spiro atoms. The number of carbonyl (C=O) groups is 1. The molecular formula is C8H7BrFNO. The van der Waals surface area contributed by atoms with Crippen LogP contribution in [0.2, 0.25) is 0 Å². The van der Waals surface area contributed by atoms with E-state index in [4.69, 9.17) is 0 Å². The molecule has 0 atom stereocenters. The predicted molar refractivity (Wildman–Crippen MR) is 48.8 cm³/mol. The molecule has 0 aliphatic carbocycles. The maximum atomic E-state index is 12.4. The van der Waals surface area contributed by atoms with Crippen LogP contribution >= 0.6 is 15.9 Å². The molecule has 1 aromatic rings. The van der Waals surface area contributed by atoms with E-state index in [0.29, 0.717) is 5.69 Å². The maximum absolute atomic E-state index is 12.4. The number of hydrogen-bond donors (Lipinski definition) is 1. The first kappa shape index (κ1) is 9.19. The second kappa shape index (κ2) is 4.21. The quantitative estimate of drug-likeness (QED) is 0.777. The van der Waals surface area contributed by atoms with Crippen molar-refractivity contribution in [3.8, 4) is 0 Å². The molecule has 1 amide bonds. The molecule has 64 valence electrons. The summed E-state index contributed by atoms with van der Waals surface area (Å²) in [7, 11) is 0. The molecule has 0 aromatic heterocycles. The van der Waals surface area contributed by atoms with Crippen molar-refractivity contribution in [1.82, 2.24) is 0 Å². The molecule has 0 aliphatic heterocycles. The molecule has 1 aromatic carbocycles. The molecule has 0 aliphatic rings. The van der Waals surface area contributed by atoms with Gasteiger partial charge in [0.1, 0.15) is 5.82 Å². The maximum Gasteiger partial charge on any atom is 0.235 e. The summed E-state index contributed by atoms with van der Waals surface area (Å²) in [4.78, 5) is 10.8. The van der Waals surface area contributed by atoms with Gasteiger partial charge in [0.05, 0.1) is 5.33 Å². The fraction of sp³-hybridized carbons (Fsp3) is 0.125. The SMILES string of the molecule is O=C(CBr)Nc1ccc(F)cc1. The topological polar surface area (TPSA) is 29.1 Å². The minimum atomic E-state index is -0.313. The lowest BCUT2D eigenvalue weighted by molar-refractivity contribution is -0.113. The molecule has 12 heavy (non-hydrogen) atoms. The molecule has 0 radical (unpaired) electrons. The number of rotatable bonds is 2. The first-order valence-electron chi connectivity index (χ1n) is 3.34. The molecule has 4 heteroatoms. The molecule has 0 fully saturated rings. The molecule has 0 saturated carbocycles. The van der Waals surface area contributed by atoms with Gasteiger partial charge in [0.2, 0.25) is 5.91 Å². The van der Waals surface area contributed by atoms with Crippen molar-refractivity contribution in [2.24, 2.45) is 0 Å². The second-order valence-corrected chi connectivity index (χ2v) is 2.75. The van der Waals surface area contributed by atoms with Crippen molar-refractivity contribution in [2.45, 2.75) is 0 Å². The predicted octanol–water partition coefficient (Wildman–Crippen LogP) is 2.16. The van der Waals surface area contributed by atoms with Crippen LogP contribution in [-0.4, -0.2) is 11.2 Å². The summed E-state index contributed by atoms with van der Waals surface area (Å²) in [6.07, 6.45) is 0. The zero-order chi connectivity index (χ0) is 8.97. The third-order valence-corrected chi connectivity index (χ3v) is 1.76. The van der Waals surface area contributed by atoms with Crippen molar-refractivity contribution in [3.05, 3.63) is 30.1 Å². The largest absolute Gasteiger partial charge is 0.325 e. The minimum absolute atomic E-state index is 0.151. The van der Waals surface area contributed by atoms with Crippen LogP contribution < -0.4 is 5.32 Å². The Morgan fingerprint density at radius 1 is 1.42 bits per heavy atom. The Kier molecular flexibility index (Phi) is 3.22. The van der Waals surface area contributed by atoms with E-state index in [1.807, 2.05) is 0 Å². The van der Waals surface area contributed by atoms with Crippen LogP contribution in [-0.2, 0) is 4.79 Å². The van der Waals surface area contributed by atoms with Gasteiger partial charge in [-0.3, -0.25) is 4.79 Å². The number of carbonyl (C=O) groups excluding carboxylic acids is 1. The van der Waals surface area contributed by atoms with Gasteiger partial charge in [-0.25, -0.2) is 4.39 Å². The fourth-order valence-electron chi connectivity index (χ4n) is 0.728. The van der Waals surface area contributed by atoms with Gasteiger partial charge < -0.3 is 5.32 Å². The van der Waals surface area contributed by atoms with E-state index < -0.39 is 0 Å². The summed E-state index contributed by atoms with van der Waals surface area (Å²) >= 11 is 3.00. The van der Waals surface area contributed by atoms with Crippen molar-refractivity contribution in [2.75, 3.05) is 10.6 Å². The number of hydrogen-bond acceptors (Lipinski definition) is 1. The van der Waals surface area contributed by atoms with E-state index in [9.17, 15) is 9.18 Å². The van der Waals surface area contributed by atoms with Gasteiger partial charge in [-0.1, -0.05) is 15.9 Å². The molecule has 0 unspecified atom stereocenters. The zero-order valence-corrected chi connectivity index (χ0v) is 7.77. The highest BCUT2D eigenvalue weighted by molar-refractivity contribution is 9.09. The van der Waals surface area contributed by atoms with Crippen LogP contribution in [0, 0.1) is 5.82 Å². The Balaban J connectivity index is 2.64. The number of amides is 1. The van der Waals surface area contributed by atoms with Crippen LogP contribution in [0.5, 0.6) is 0 Å². The van der Waals surface area contributed by atoms with Crippen molar-refractivity contribution in [1.29, 1.82) is 0 Å². The van der Waals surface area contributed by atoms with Crippen molar-refractivity contribution >= 4 is 27.5 Å². The highest BCUT2D eigenvalue weighted by atomic mass is 79.9. The Labute approximate surface area is 77.9 Å². The molecule has 0 heterocycles. The van der Waals surface area contributed by atoms with E-state index in [0.717, 1.165) is 0 Å². The third kappa shape index (κ3) is 2.62. The van der Waals surface area contributed by atoms with Gasteiger partial charge in [0, 0.05) is 5.69 Å².